The van der Waals surface area contributed by atoms with E-state index in [1.807, 2.05) is 6.92 Å². The molecule has 3 rings (SSSR count). The minimum atomic E-state index is -0.200. The fourth-order valence-electron chi connectivity index (χ4n) is 3.69. The molecule has 1 saturated carbocycles. The minimum Gasteiger partial charge on any atom is -0.376 e. The van der Waals surface area contributed by atoms with Gasteiger partial charge in [-0.1, -0.05) is 26.2 Å². The van der Waals surface area contributed by atoms with Crippen LogP contribution in [0.25, 0.3) is 0 Å². The van der Waals surface area contributed by atoms with Crippen molar-refractivity contribution in [3.8, 4) is 0 Å². The Kier molecular flexibility index (Phi) is 8.66. The SMILES string of the molecule is CCCNC(=O)c1ccc(NCC(=O)Nc2ccc(C(=O)NC3CCCCC3)cc2)cc1. The summed E-state index contributed by atoms with van der Waals surface area (Å²) in [5.41, 5.74) is 2.56. The largest absolute Gasteiger partial charge is 0.376 e. The number of carbonyl (C=O) groups is 3. The first-order valence-electron chi connectivity index (χ1n) is 11.4. The third-order valence-electron chi connectivity index (χ3n) is 5.51. The van der Waals surface area contributed by atoms with E-state index in [1.165, 1.54) is 19.3 Å². The third-order valence-corrected chi connectivity index (χ3v) is 5.51. The number of carbonyl (C=O) groups excluding carboxylic acids is 3. The van der Waals surface area contributed by atoms with Gasteiger partial charge in [-0.25, -0.2) is 0 Å². The first-order valence-corrected chi connectivity index (χ1v) is 11.4. The molecule has 2 aromatic rings. The van der Waals surface area contributed by atoms with Crippen molar-refractivity contribution in [3.05, 3.63) is 59.7 Å². The van der Waals surface area contributed by atoms with Crippen molar-refractivity contribution in [2.45, 2.75) is 51.5 Å². The monoisotopic (exact) mass is 436 g/mol. The molecule has 4 N–H and O–H groups in total. The predicted octanol–water partition coefficient (Wildman–Crippen LogP) is 3.94. The molecule has 170 valence electrons. The quantitative estimate of drug-likeness (QED) is 0.478. The molecule has 0 aromatic heterocycles. The van der Waals surface area contributed by atoms with Crippen LogP contribution >= 0.6 is 0 Å². The van der Waals surface area contributed by atoms with Crippen LogP contribution in [0.4, 0.5) is 11.4 Å². The van der Waals surface area contributed by atoms with Crippen LogP contribution in [-0.2, 0) is 4.79 Å². The highest BCUT2D eigenvalue weighted by molar-refractivity contribution is 5.97. The second-order valence-electron chi connectivity index (χ2n) is 8.12. The molecule has 3 amide bonds. The van der Waals surface area contributed by atoms with E-state index < -0.39 is 0 Å². The molecule has 0 unspecified atom stereocenters. The van der Waals surface area contributed by atoms with Gasteiger partial charge in [-0.2, -0.15) is 0 Å². The molecular weight excluding hydrogens is 404 g/mol. The van der Waals surface area contributed by atoms with Crippen LogP contribution in [-0.4, -0.2) is 36.9 Å². The molecule has 0 aliphatic heterocycles. The molecule has 0 saturated heterocycles. The van der Waals surface area contributed by atoms with Gasteiger partial charge in [0.2, 0.25) is 5.91 Å². The van der Waals surface area contributed by atoms with E-state index in [0.29, 0.717) is 23.4 Å². The van der Waals surface area contributed by atoms with Gasteiger partial charge < -0.3 is 21.3 Å². The molecule has 1 fully saturated rings. The van der Waals surface area contributed by atoms with Gasteiger partial charge in [-0.05, 0) is 67.8 Å². The molecule has 32 heavy (non-hydrogen) atoms. The Morgan fingerprint density at radius 1 is 0.812 bits per heavy atom. The normalized spacial score (nSPS) is 13.8. The molecule has 0 atom stereocenters. The van der Waals surface area contributed by atoms with Crippen LogP contribution in [0.3, 0.4) is 0 Å². The first kappa shape index (κ1) is 23.3. The van der Waals surface area contributed by atoms with Crippen molar-refractivity contribution >= 4 is 29.1 Å². The maximum absolute atomic E-state index is 12.4. The summed E-state index contributed by atoms with van der Waals surface area (Å²) in [5.74, 6) is -0.371. The van der Waals surface area contributed by atoms with Crippen molar-refractivity contribution in [1.29, 1.82) is 0 Å². The molecule has 1 aliphatic carbocycles. The zero-order valence-corrected chi connectivity index (χ0v) is 18.6. The van der Waals surface area contributed by atoms with E-state index in [1.54, 1.807) is 48.5 Å². The fraction of sp³-hybridized carbons (Fsp3) is 0.400. The smallest absolute Gasteiger partial charge is 0.251 e. The fourth-order valence-corrected chi connectivity index (χ4v) is 3.69. The number of hydrogen-bond donors (Lipinski definition) is 4. The summed E-state index contributed by atoms with van der Waals surface area (Å²) in [6, 6.07) is 14.2. The number of anilines is 2. The number of benzene rings is 2. The summed E-state index contributed by atoms with van der Waals surface area (Å²) in [5, 5.41) is 11.8. The van der Waals surface area contributed by atoms with Gasteiger partial charge in [-0.3, -0.25) is 14.4 Å². The highest BCUT2D eigenvalue weighted by Gasteiger charge is 2.16. The summed E-state index contributed by atoms with van der Waals surface area (Å²) in [4.78, 5) is 36.6. The number of amides is 3. The van der Waals surface area contributed by atoms with E-state index in [-0.39, 0.29) is 30.3 Å². The molecule has 7 heteroatoms. The van der Waals surface area contributed by atoms with Crippen LogP contribution in [0.15, 0.2) is 48.5 Å². The highest BCUT2D eigenvalue weighted by atomic mass is 16.2. The predicted molar refractivity (Wildman–Crippen MR) is 127 cm³/mol. The Balaban J connectivity index is 1.43. The average molecular weight is 437 g/mol. The zero-order chi connectivity index (χ0) is 22.8. The van der Waals surface area contributed by atoms with E-state index in [9.17, 15) is 14.4 Å². The van der Waals surface area contributed by atoms with Gasteiger partial charge in [0, 0.05) is 35.1 Å². The lowest BCUT2D eigenvalue weighted by Crippen LogP contribution is -2.36. The molecular formula is C25H32N4O3. The molecule has 0 spiro atoms. The standard InChI is InChI=1S/C25H32N4O3/c1-2-16-26-24(31)18-8-12-20(13-9-18)27-17-23(30)28-22-14-10-19(11-15-22)25(32)29-21-6-4-3-5-7-21/h8-15,21,27H,2-7,16-17H2,1H3,(H,26,31)(H,28,30)(H,29,32). The number of rotatable bonds is 9. The van der Waals surface area contributed by atoms with Crippen LogP contribution in [0, 0.1) is 0 Å². The van der Waals surface area contributed by atoms with E-state index in [4.69, 9.17) is 0 Å². The summed E-state index contributed by atoms with van der Waals surface area (Å²) in [6.07, 6.45) is 6.56. The van der Waals surface area contributed by atoms with Gasteiger partial charge >= 0.3 is 0 Å². The van der Waals surface area contributed by atoms with Crippen molar-refractivity contribution in [2.75, 3.05) is 23.7 Å². The van der Waals surface area contributed by atoms with Crippen molar-refractivity contribution in [1.82, 2.24) is 10.6 Å². The van der Waals surface area contributed by atoms with Crippen LogP contribution in [0.1, 0.15) is 66.2 Å². The van der Waals surface area contributed by atoms with E-state index >= 15 is 0 Å². The van der Waals surface area contributed by atoms with Gasteiger partial charge in [0.25, 0.3) is 11.8 Å². The topological polar surface area (TPSA) is 99.3 Å². The maximum atomic E-state index is 12.4. The Morgan fingerprint density at radius 3 is 2.03 bits per heavy atom. The highest BCUT2D eigenvalue weighted by Crippen LogP contribution is 2.18. The van der Waals surface area contributed by atoms with Crippen LogP contribution < -0.4 is 21.3 Å². The molecule has 7 nitrogen and oxygen atoms in total. The Morgan fingerprint density at radius 2 is 1.41 bits per heavy atom. The second kappa shape index (κ2) is 11.9. The van der Waals surface area contributed by atoms with E-state index in [0.717, 1.165) is 24.9 Å². The first-order chi connectivity index (χ1) is 15.5. The summed E-state index contributed by atoms with van der Waals surface area (Å²) in [6.45, 7) is 2.73. The molecule has 0 radical (unpaired) electrons. The van der Waals surface area contributed by atoms with E-state index in [2.05, 4.69) is 21.3 Å². The summed E-state index contributed by atoms with van der Waals surface area (Å²) >= 11 is 0. The molecule has 2 aromatic carbocycles. The average Bonchev–Trinajstić information content (AvgIpc) is 2.82. The molecule has 0 bridgehead atoms. The van der Waals surface area contributed by atoms with Crippen LogP contribution in [0.2, 0.25) is 0 Å². The third kappa shape index (κ3) is 7.11. The summed E-state index contributed by atoms with van der Waals surface area (Å²) < 4.78 is 0. The van der Waals surface area contributed by atoms with Crippen molar-refractivity contribution in [2.24, 2.45) is 0 Å². The minimum absolute atomic E-state index is 0.0664. The maximum Gasteiger partial charge on any atom is 0.251 e. The van der Waals surface area contributed by atoms with Crippen molar-refractivity contribution < 1.29 is 14.4 Å². The summed E-state index contributed by atoms with van der Waals surface area (Å²) in [7, 11) is 0. The lowest BCUT2D eigenvalue weighted by molar-refractivity contribution is -0.114. The number of nitrogens with one attached hydrogen (secondary N) is 4. The molecule has 0 heterocycles. The van der Waals surface area contributed by atoms with Crippen LogP contribution in [0.5, 0.6) is 0 Å². The van der Waals surface area contributed by atoms with Gasteiger partial charge in [-0.15, -0.1) is 0 Å². The number of hydrogen-bond acceptors (Lipinski definition) is 4. The molecule has 1 aliphatic rings. The van der Waals surface area contributed by atoms with Crippen molar-refractivity contribution in [3.63, 3.8) is 0 Å². The zero-order valence-electron chi connectivity index (χ0n) is 18.6. The second-order valence-corrected chi connectivity index (χ2v) is 8.12. The Labute approximate surface area is 189 Å². The van der Waals surface area contributed by atoms with Gasteiger partial charge in [0.1, 0.15) is 0 Å². The lowest BCUT2D eigenvalue weighted by atomic mass is 9.95. The Bertz CT molecular complexity index is 904. The Hall–Kier alpha value is -3.35. The van der Waals surface area contributed by atoms with Gasteiger partial charge in [0.15, 0.2) is 0 Å². The lowest BCUT2D eigenvalue weighted by Gasteiger charge is -2.22. The van der Waals surface area contributed by atoms with Gasteiger partial charge in [0.05, 0.1) is 6.54 Å².